The molecule has 1 aromatic rings. The van der Waals surface area contributed by atoms with E-state index in [2.05, 4.69) is 5.32 Å². The van der Waals surface area contributed by atoms with E-state index in [1.165, 1.54) is 6.20 Å². The van der Waals surface area contributed by atoms with E-state index in [0.29, 0.717) is 16.9 Å². The summed E-state index contributed by atoms with van der Waals surface area (Å²) in [4.78, 5) is 25.0. The van der Waals surface area contributed by atoms with Crippen molar-refractivity contribution in [1.82, 2.24) is 5.32 Å². The molecule has 2 rings (SSSR count). The Hall–Kier alpha value is -1.47. The van der Waals surface area contributed by atoms with E-state index in [1.807, 2.05) is 13.8 Å². The predicted molar refractivity (Wildman–Crippen MR) is 86.1 cm³/mol. The third-order valence-corrected chi connectivity index (χ3v) is 6.53. The summed E-state index contributed by atoms with van der Waals surface area (Å²) < 4.78 is 24.0. The Morgan fingerprint density at radius 1 is 1.32 bits per heavy atom. The van der Waals surface area contributed by atoms with Gasteiger partial charge < -0.3 is 5.32 Å². The standard InChI is InChI=1S/C15H19NO4S2/c1-5-6-16-13(18)12-9-7-15(2,3)8-10(17)11(9)14(21-12)22(4,19)20/h5-6H,7-8H2,1-4H3,(H,16,18)/b6-5+. The zero-order valence-electron chi connectivity index (χ0n) is 13.0. The minimum absolute atomic E-state index is 0.00799. The van der Waals surface area contributed by atoms with Crippen LogP contribution in [0, 0.1) is 5.41 Å². The molecule has 22 heavy (non-hydrogen) atoms. The molecule has 120 valence electrons. The molecule has 1 amide bonds. The first kappa shape index (κ1) is 16.9. The maximum absolute atomic E-state index is 12.4. The summed E-state index contributed by atoms with van der Waals surface area (Å²) in [6.45, 7) is 5.65. The lowest BCUT2D eigenvalue weighted by molar-refractivity contribution is 0.0909. The Balaban J connectivity index is 2.67. The van der Waals surface area contributed by atoms with E-state index in [0.717, 1.165) is 17.6 Å². The monoisotopic (exact) mass is 341 g/mol. The highest BCUT2D eigenvalue weighted by molar-refractivity contribution is 7.92. The Kier molecular flexibility index (Phi) is 4.32. The summed E-state index contributed by atoms with van der Waals surface area (Å²) in [5, 5.41) is 2.59. The molecule has 1 N–H and O–H groups in total. The number of amides is 1. The number of ketones is 1. The Labute approximate surface area is 134 Å². The molecule has 5 nitrogen and oxygen atoms in total. The first-order valence-corrected chi connectivity index (χ1v) is 9.58. The lowest BCUT2D eigenvalue weighted by atomic mass is 9.74. The molecule has 0 saturated heterocycles. The number of Topliss-reactive ketones (excluding diaryl/α,β-unsaturated/α-hetero) is 1. The Morgan fingerprint density at radius 3 is 2.50 bits per heavy atom. The SMILES string of the molecule is C/C=C/NC(=O)c1sc(S(C)(=O)=O)c2c1CC(C)(C)CC2=O. The van der Waals surface area contributed by atoms with E-state index in [-0.39, 0.29) is 33.3 Å². The summed E-state index contributed by atoms with van der Waals surface area (Å²) in [7, 11) is -3.55. The molecule has 7 heteroatoms. The quantitative estimate of drug-likeness (QED) is 0.916. The van der Waals surface area contributed by atoms with Crippen molar-refractivity contribution in [2.24, 2.45) is 5.41 Å². The van der Waals surface area contributed by atoms with Crippen LogP contribution in [0.1, 0.15) is 52.8 Å². The van der Waals surface area contributed by atoms with Crippen LogP contribution in [0.4, 0.5) is 0 Å². The molecule has 1 aliphatic carbocycles. The zero-order valence-corrected chi connectivity index (χ0v) is 14.7. The van der Waals surface area contributed by atoms with Gasteiger partial charge in [0.15, 0.2) is 15.6 Å². The molecular formula is C15H19NO4S2. The normalized spacial score (nSPS) is 17.5. The molecule has 0 aromatic carbocycles. The van der Waals surface area contributed by atoms with Crippen molar-refractivity contribution in [3.05, 3.63) is 28.3 Å². The van der Waals surface area contributed by atoms with E-state index in [1.54, 1.807) is 13.0 Å². The van der Waals surface area contributed by atoms with Crippen LogP contribution in [0.25, 0.3) is 0 Å². The third-order valence-electron chi connectivity index (χ3n) is 3.47. The molecule has 0 atom stereocenters. The number of nitrogens with one attached hydrogen (secondary N) is 1. The molecule has 1 aliphatic rings. The van der Waals surface area contributed by atoms with Gasteiger partial charge in [-0.25, -0.2) is 8.42 Å². The summed E-state index contributed by atoms with van der Waals surface area (Å²) in [6.07, 6.45) is 5.03. The van der Waals surface area contributed by atoms with Gasteiger partial charge in [-0.2, -0.15) is 0 Å². The van der Waals surface area contributed by atoms with Gasteiger partial charge in [0.1, 0.15) is 4.21 Å². The van der Waals surface area contributed by atoms with Gasteiger partial charge in [0.2, 0.25) is 0 Å². The van der Waals surface area contributed by atoms with Gasteiger partial charge in [0.05, 0.1) is 10.4 Å². The molecule has 0 fully saturated rings. The second-order valence-electron chi connectivity index (χ2n) is 6.26. The molecule has 0 radical (unpaired) electrons. The van der Waals surface area contributed by atoms with Crippen molar-refractivity contribution < 1.29 is 18.0 Å². The largest absolute Gasteiger partial charge is 0.328 e. The van der Waals surface area contributed by atoms with Crippen LogP contribution in [-0.4, -0.2) is 26.4 Å². The van der Waals surface area contributed by atoms with Crippen molar-refractivity contribution in [3.63, 3.8) is 0 Å². The fourth-order valence-corrected chi connectivity index (χ4v) is 5.06. The van der Waals surface area contributed by atoms with Gasteiger partial charge in [-0.05, 0) is 30.5 Å². The number of allylic oxidation sites excluding steroid dienone is 1. The fraction of sp³-hybridized carbons (Fsp3) is 0.467. The molecule has 1 heterocycles. The van der Waals surface area contributed by atoms with Gasteiger partial charge >= 0.3 is 0 Å². The average Bonchev–Trinajstić information content (AvgIpc) is 2.73. The molecule has 0 saturated carbocycles. The maximum Gasteiger partial charge on any atom is 0.265 e. The van der Waals surface area contributed by atoms with Gasteiger partial charge in [0.25, 0.3) is 5.91 Å². The van der Waals surface area contributed by atoms with Gasteiger partial charge in [0, 0.05) is 12.7 Å². The highest BCUT2D eigenvalue weighted by atomic mass is 32.2. The van der Waals surface area contributed by atoms with Crippen LogP contribution in [0.3, 0.4) is 0 Å². The van der Waals surface area contributed by atoms with Crippen LogP contribution < -0.4 is 5.32 Å². The molecule has 0 aliphatic heterocycles. The van der Waals surface area contributed by atoms with Crippen LogP contribution in [-0.2, 0) is 16.3 Å². The summed E-state index contributed by atoms with van der Waals surface area (Å²) in [5.74, 6) is -0.576. The van der Waals surface area contributed by atoms with Crippen molar-refractivity contribution >= 4 is 32.9 Å². The topological polar surface area (TPSA) is 80.3 Å². The van der Waals surface area contributed by atoms with Crippen LogP contribution in [0.5, 0.6) is 0 Å². The molecule has 1 aromatic heterocycles. The number of thiophene rings is 1. The number of sulfone groups is 1. The number of fused-ring (bicyclic) bond motifs is 1. The van der Waals surface area contributed by atoms with E-state index in [4.69, 9.17) is 0 Å². The number of rotatable bonds is 3. The summed E-state index contributed by atoms with van der Waals surface area (Å²) >= 11 is 0.891. The van der Waals surface area contributed by atoms with Crippen LogP contribution >= 0.6 is 11.3 Å². The number of hydrogen-bond donors (Lipinski definition) is 1. The molecular weight excluding hydrogens is 322 g/mol. The van der Waals surface area contributed by atoms with Crippen molar-refractivity contribution in [2.75, 3.05) is 6.26 Å². The van der Waals surface area contributed by atoms with E-state index >= 15 is 0 Å². The number of carbonyl (C=O) groups is 2. The summed E-state index contributed by atoms with van der Waals surface area (Å²) in [5.41, 5.74) is 0.501. The smallest absolute Gasteiger partial charge is 0.265 e. The molecule has 0 spiro atoms. The van der Waals surface area contributed by atoms with E-state index < -0.39 is 9.84 Å². The lowest BCUT2D eigenvalue weighted by Crippen LogP contribution is -2.29. The van der Waals surface area contributed by atoms with Gasteiger partial charge in [-0.3, -0.25) is 9.59 Å². The molecule has 0 unspecified atom stereocenters. The van der Waals surface area contributed by atoms with Crippen molar-refractivity contribution in [1.29, 1.82) is 0 Å². The number of hydrogen-bond acceptors (Lipinski definition) is 5. The predicted octanol–water partition coefficient (Wildman–Crippen LogP) is 2.57. The van der Waals surface area contributed by atoms with Crippen molar-refractivity contribution in [3.8, 4) is 0 Å². The zero-order chi connectivity index (χ0) is 16.7. The average molecular weight is 341 g/mol. The maximum atomic E-state index is 12.4. The van der Waals surface area contributed by atoms with Crippen molar-refractivity contribution in [2.45, 2.75) is 37.8 Å². The van der Waals surface area contributed by atoms with Gasteiger partial charge in [-0.15, -0.1) is 11.3 Å². The molecule has 0 bridgehead atoms. The number of carbonyl (C=O) groups excluding carboxylic acids is 2. The van der Waals surface area contributed by atoms with Gasteiger partial charge in [-0.1, -0.05) is 19.9 Å². The first-order valence-electron chi connectivity index (χ1n) is 6.88. The third kappa shape index (κ3) is 3.15. The second-order valence-corrected chi connectivity index (χ2v) is 9.49. The fourth-order valence-electron chi connectivity index (χ4n) is 2.63. The van der Waals surface area contributed by atoms with Crippen LogP contribution in [0.2, 0.25) is 0 Å². The first-order chi connectivity index (χ1) is 10.1. The Bertz CT molecular complexity index is 770. The van der Waals surface area contributed by atoms with E-state index in [9.17, 15) is 18.0 Å². The Morgan fingerprint density at radius 2 is 1.95 bits per heavy atom. The minimum Gasteiger partial charge on any atom is -0.328 e. The highest BCUT2D eigenvalue weighted by Gasteiger charge is 2.39. The second kappa shape index (κ2) is 5.62. The highest BCUT2D eigenvalue weighted by Crippen LogP contribution is 2.43. The lowest BCUT2D eigenvalue weighted by Gasteiger charge is -2.29. The minimum atomic E-state index is -3.55. The van der Waals surface area contributed by atoms with Crippen LogP contribution in [0.15, 0.2) is 16.5 Å². The summed E-state index contributed by atoms with van der Waals surface area (Å²) in [6, 6.07) is 0.